The molecule has 0 saturated carbocycles. The molecule has 0 saturated heterocycles. The predicted octanol–water partition coefficient (Wildman–Crippen LogP) is 3.28. The third-order valence-corrected chi connectivity index (χ3v) is 5.37. The normalized spacial score (nSPS) is 11.8. The van der Waals surface area contributed by atoms with Crippen LogP contribution in [0.15, 0.2) is 66.9 Å². The smallest absolute Gasteiger partial charge is 0.337 e. The van der Waals surface area contributed by atoms with E-state index in [9.17, 15) is 14.0 Å². The topological polar surface area (TPSA) is 158 Å². The van der Waals surface area contributed by atoms with Gasteiger partial charge in [0.1, 0.15) is 12.1 Å². The van der Waals surface area contributed by atoms with Crippen LogP contribution in [0.3, 0.4) is 0 Å². The molecule has 10 nitrogen and oxygen atoms in total. The van der Waals surface area contributed by atoms with Gasteiger partial charge in [-0.3, -0.25) is 9.36 Å². The average Bonchev–Trinajstić information content (AvgIpc) is 3.40. The largest absolute Gasteiger partial charge is 0.490 e. The highest BCUT2D eigenvalue weighted by Crippen LogP contribution is 2.27. The van der Waals surface area contributed by atoms with Gasteiger partial charge in [-0.25, -0.2) is 14.2 Å². The van der Waals surface area contributed by atoms with Crippen molar-refractivity contribution in [2.45, 2.75) is 6.42 Å². The number of hydrogen-bond acceptors (Lipinski definition) is 7. The Morgan fingerprint density at radius 3 is 2.69 bits per heavy atom. The van der Waals surface area contributed by atoms with Crippen LogP contribution < -0.4 is 26.8 Å². The fourth-order valence-corrected chi connectivity index (χ4v) is 3.33. The second-order valence-electron chi connectivity index (χ2n) is 7.43. The summed E-state index contributed by atoms with van der Waals surface area (Å²) in [5.41, 5.74) is 12.7. The summed E-state index contributed by atoms with van der Waals surface area (Å²) in [4.78, 5) is 27.6. The number of aromatic carboxylic acids is 1. The lowest BCUT2D eigenvalue weighted by Crippen LogP contribution is -2.20. The zero-order valence-electron chi connectivity index (χ0n) is 19.2. The molecule has 0 spiro atoms. The number of amides is 1. The minimum Gasteiger partial charge on any atom is -0.490 e. The minimum absolute atomic E-state index is 0.0456. The molecule has 0 radical (unpaired) electrons. The Balaban J connectivity index is 1.64. The maximum absolute atomic E-state index is 14.3. The summed E-state index contributed by atoms with van der Waals surface area (Å²) >= 11 is 6.26. The summed E-state index contributed by atoms with van der Waals surface area (Å²) in [6, 6.07) is 7.03. The van der Waals surface area contributed by atoms with E-state index in [0.29, 0.717) is 22.1 Å². The van der Waals surface area contributed by atoms with Crippen molar-refractivity contribution in [3.05, 3.63) is 88.9 Å². The molecule has 2 aromatic carbocycles. The van der Waals surface area contributed by atoms with Crippen molar-refractivity contribution in [3.8, 4) is 5.75 Å². The molecular weight excluding hydrogens is 491 g/mol. The molecule has 0 bridgehead atoms. The molecule has 7 N–H and O–H groups in total. The van der Waals surface area contributed by atoms with Gasteiger partial charge in [0.2, 0.25) is 0 Å². The van der Waals surface area contributed by atoms with Gasteiger partial charge in [0, 0.05) is 42.6 Å². The Kier molecular flexibility index (Phi) is 8.52. The molecule has 0 aliphatic heterocycles. The Morgan fingerprint density at radius 1 is 1.25 bits per heavy atom. The summed E-state index contributed by atoms with van der Waals surface area (Å²) in [5.74, 6) is -2.39. The van der Waals surface area contributed by atoms with E-state index in [1.54, 1.807) is 35.2 Å². The van der Waals surface area contributed by atoms with E-state index in [4.69, 9.17) is 32.9 Å². The van der Waals surface area contributed by atoms with E-state index in [1.807, 2.05) is 0 Å². The summed E-state index contributed by atoms with van der Waals surface area (Å²) in [5, 5.41) is 15.0. The Morgan fingerprint density at radius 2 is 2.03 bits per heavy atom. The quantitative estimate of drug-likeness (QED) is 0.204. The van der Waals surface area contributed by atoms with Crippen molar-refractivity contribution in [3.63, 3.8) is 0 Å². The van der Waals surface area contributed by atoms with Gasteiger partial charge >= 0.3 is 5.97 Å². The first-order chi connectivity index (χ1) is 17.2. The fraction of sp³-hybridized carbons (Fsp3) is 0.125. The number of carbonyl (C=O) groups is 2. The third-order valence-electron chi connectivity index (χ3n) is 5.00. The molecule has 1 heterocycles. The molecule has 3 aromatic rings. The van der Waals surface area contributed by atoms with Gasteiger partial charge in [-0.2, -0.15) is 0 Å². The fourth-order valence-electron chi connectivity index (χ4n) is 3.11. The monoisotopic (exact) mass is 514 g/mol. The number of carboxylic acids is 1. The van der Waals surface area contributed by atoms with E-state index in [0.717, 1.165) is 6.07 Å². The van der Waals surface area contributed by atoms with E-state index in [1.165, 1.54) is 31.6 Å². The summed E-state index contributed by atoms with van der Waals surface area (Å²) in [6.07, 6.45) is 7.85. The van der Waals surface area contributed by atoms with Crippen LogP contribution in [0.4, 0.5) is 15.8 Å². The average molecular weight is 515 g/mol. The maximum Gasteiger partial charge on any atom is 0.337 e. The highest BCUT2D eigenvalue weighted by molar-refractivity contribution is 6.31. The number of allylic oxidation sites excluding steroid dienone is 2. The number of rotatable bonds is 10. The van der Waals surface area contributed by atoms with Crippen molar-refractivity contribution < 1.29 is 23.8 Å². The van der Waals surface area contributed by atoms with Crippen LogP contribution >= 0.6 is 11.6 Å². The number of nitrogens with zero attached hydrogens (tertiary/aromatic N) is 2. The molecule has 0 aliphatic carbocycles. The zero-order valence-corrected chi connectivity index (χ0v) is 19.9. The number of anilines is 2. The number of carboxylic acid groups (broad SMARTS) is 1. The molecule has 188 valence electrons. The highest BCUT2D eigenvalue weighted by atomic mass is 35.5. The van der Waals surface area contributed by atoms with Gasteiger partial charge in [-0.1, -0.05) is 11.6 Å². The molecule has 12 heteroatoms. The van der Waals surface area contributed by atoms with Crippen LogP contribution in [0.5, 0.6) is 5.75 Å². The minimum atomic E-state index is -1.26. The first kappa shape index (κ1) is 26.1. The molecule has 0 atom stereocenters. The number of halogens is 2. The van der Waals surface area contributed by atoms with Crippen LogP contribution in [0.1, 0.15) is 15.9 Å². The molecule has 0 unspecified atom stereocenters. The first-order valence-corrected chi connectivity index (χ1v) is 11.0. The van der Waals surface area contributed by atoms with Crippen molar-refractivity contribution >= 4 is 40.7 Å². The SMILES string of the molecule is CNc1cc(OCCc2cc(NC(=O)/C(N)=C/C=C(\N)n3ccnc3)ccc2Cl)c(F)cc1C(=O)O. The summed E-state index contributed by atoms with van der Waals surface area (Å²) < 4.78 is 21.4. The van der Waals surface area contributed by atoms with Crippen molar-refractivity contribution in [2.75, 3.05) is 24.3 Å². The molecular formula is C24H24ClFN6O4. The lowest BCUT2D eigenvalue weighted by atomic mass is 10.1. The summed E-state index contributed by atoms with van der Waals surface area (Å²) in [6.45, 7) is 0.0456. The maximum atomic E-state index is 14.3. The van der Waals surface area contributed by atoms with E-state index in [-0.39, 0.29) is 35.7 Å². The number of benzene rings is 2. The lowest BCUT2D eigenvalue weighted by molar-refractivity contribution is -0.112. The predicted molar refractivity (Wildman–Crippen MR) is 135 cm³/mol. The second-order valence-corrected chi connectivity index (χ2v) is 7.83. The van der Waals surface area contributed by atoms with Crippen molar-refractivity contribution in [1.29, 1.82) is 0 Å². The second kappa shape index (κ2) is 11.8. The standard InChI is InChI=1S/C24H24ClFN6O4/c1-29-20-12-21(18(26)11-16(20)24(34)35)36-9-6-14-10-15(2-3-17(14)25)31-23(33)19(27)4-5-22(28)32-8-7-30-13-32/h2-5,7-8,10-13,29H,6,9,27-28H2,1H3,(H,31,33)(H,34,35)/b19-4-,22-5+. The van der Waals surface area contributed by atoms with Gasteiger partial charge in [0.25, 0.3) is 5.91 Å². The number of nitrogens with two attached hydrogens (primary N) is 2. The van der Waals surface area contributed by atoms with Gasteiger partial charge in [0.05, 0.1) is 23.6 Å². The first-order valence-electron chi connectivity index (χ1n) is 10.6. The van der Waals surface area contributed by atoms with Crippen LogP contribution in [-0.2, 0) is 11.2 Å². The molecule has 36 heavy (non-hydrogen) atoms. The summed E-state index contributed by atoms with van der Waals surface area (Å²) in [7, 11) is 1.52. The lowest BCUT2D eigenvalue weighted by Gasteiger charge is -2.13. The Hall–Kier alpha value is -4.51. The molecule has 0 fully saturated rings. The number of carbonyl (C=O) groups excluding carboxylic acids is 1. The van der Waals surface area contributed by atoms with Gasteiger partial charge in [0.15, 0.2) is 11.6 Å². The van der Waals surface area contributed by atoms with Crippen LogP contribution in [0, 0.1) is 5.82 Å². The van der Waals surface area contributed by atoms with E-state index in [2.05, 4.69) is 15.6 Å². The molecule has 1 aromatic heterocycles. The third kappa shape index (κ3) is 6.54. The molecule has 1 amide bonds. The van der Waals surface area contributed by atoms with Gasteiger partial charge < -0.3 is 31.9 Å². The number of nitrogens with one attached hydrogen (secondary N) is 2. The molecule has 0 aliphatic rings. The number of imidazole rings is 1. The highest BCUT2D eigenvalue weighted by Gasteiger charge is 2.16. The van der Waals surface area contributed by atoms with E-state index >= 15 is 0 Å². The number of hydrogen-bond donors (Lipinski definition) is 5. The van der Waals surface area contributed by atoms with Crippen LogP contribution in [-0.4, -0.2) is 40.2 Å². The van der Waals surface area contributed by atoms with E-state index < -0.39 is 17.7 Å². The van der Waals surface area contributed by atoms with Crippen LogP contribution in [0.25, 0.3) is 5.82 Å². The Bertz CT molecular complexity index is 1320. The van der Waals surface area contributed by atoms with Gasteiger partial charge in [-0.05, 0) is 42.0 Å². The molecule has 3 rings (SSSR count). The van der Waals surface area contributed by atoms with Gasteiger partial charge in [-0.15, -0.1) is 0 Å². The van der Waals surface area contributed by atoms with Crippen molar-refractivity contribution in [2.24, 2.45) is 11.5 Å². The zero-order chi connectivity index (χ0) is 26.2. The number of aromatic nitrogens is 2. The number of ether oxygens (including phenoxy) is 1. The Labute approximate surface area is 211 Å². The van der Waals surface area contributed by atoms with Crippen molar-refractivity contribution in [1.82, 2.24) is 9.55 Å². The van der Waals surface area contributed by atoms with Crippen LogP contribution in [0.2, 0.25) is 5.02 Å².